The van der Waals surface area contributed by atoms with E-state index < -0.39 is 0 Å². The molecule has 1 nitrogen and oxygen atoms in total. The average molecular weight is 166 g/mol. The summed E-state index contributed by atoms with van der Waals surface area (Å²) >= 11 is 0. The molecule has 0 spiro atoms. The van der Waals surface area contributed by atoms with Crippen molar-refractivity contribution in [3.8, 4) is 0 Å². The van der Waals surface area contributed by atoms with E-state index in [9.17, 15) is 4.79 Å². The Labute approximate surface area is 74.9 Å². The Balaban J connectivity index is 2.76. The molecule has 68 valence electrons. The van der Waals surface area contributed by atoms with Crippen LogP contribution in [0.25, 0.3) is 0 Å². The molecule has 0 aromatic rings. The first-order valence-electron chi connectivity index (χ1n) is 4.84. The molecule has 0 aromatic heterocycles. The fourth-order valence-electron chi connectivity index (χ4n) is 2.29. The standard InChI is InChI=1S/C11H18O/c1-4-10-7-5-6-8(2)11(10)9(3)12/h5-6,8,10-11H,4,7H2,1-3H3/t8-,10-,11-/m0/s1. The lowest BCUT2D eigenvalue weighted by atomic mass is 9.73. The van der Waals surface area contributed by atoms with Gasteiger partial charge in [0.25, 0.3) is 0 Å². The summed E-state index contributed by atoms with van der Waals surface area (Å²) in [6, 6.07) is 0. The third-order valence-corrected chi connectivity index (χ3v) is 2.95. The smallest absolute Gasteiger partial charge is 0.133 e. The zero-order valence-electron chi connectivity index (χ0n) is 8.21. The molecule has 3 atom stereocenters. The van der Waals surface area contributed by atoms with Crippen molar-refractivity contribution >= 4 is 5.78 Å². The van der Waals surface area contributed by atoms with Crippen LogP contribution in [-0.2, 0) is 4.79 Å². The van der Waals surface area contributed by atoms with Gasteiger partial charge in [-0.2, -0.15) is 0 Å². The van der Waals surface area contributed by atoms with Crippen LogP contribution in [0, 0.1) is 17.8 Å². The number of hydrogen-bond donors (Lipinski definition) is 0. The largest absolute Gasteiger partial charge is 0.300 e. The van der Waals surface area contributed by atoms with Gasteiger partial charge in [-0.1, -0.05) is 32.4 Å². The number of rotatable bonds is 2. The normalized spacial score (nSPS) is 35.1. The number of ketones is 1. The van der Waals surface area contributed by atoms with E-state index in [4.69, 9.17) is 0 Å². The second-order valence-electron chi connectivity index (χ2n) is 3.83. The summed E-state index contributed by atoms with van der Waals surface area (Å²) in [6.07, 6.45) is 6.61. The number of carbonyl (C=O) groups is 1. The number of hydrogen-bond acceptors (Lipinski definition) is 1. The maximum absolute atomic E-state index is 11.3. The van der Waals surface area contributed by atoms with Gasteiger partial charge in [-0.15, -0.1) is 0 Å². The fourth-order valence-corrected chi connectivity index (χ4v) is 2.29. The van der Waals surface area contributed by atoms with Gasteiger partial charge in [-0.3, -0.25) is 4.79 Å². The SMILES string of the molecule is CC[C@H]1CC=C[C@H](C)[C@H]1C(C)=O. The average Bonchev–Trinajstić information content (AvgIpc) is 2.03. The van der Waals surface area contributed by atoms with Gasteiger partial charge in [0, 0.05) is 5.92 Å². The van der Waals surface area contributed by atoms with Crippen molar-refractivity contribution < 1.29 is 4.79 Å². The van der Waals surface area contributed by atoms with Crippen molar-refractivity contribution in [3.63, 3.8) is 0 Å². The Morgan fingerprint density at radius 3 is 2.67 bits per heavy atom. The van der Waals surface area contributed by atoms with Crippen molar-refractivity contribution in [3.05, 3.63) is 12.2 Å². The summed E-state index contributed by atoms with van der Waals surface area (Å²) in [5.74, 6) is 1.67. The van der Waals surface area contributed by atoms with Crippen LogP contribution in [0.4, 0.5) is 0 Å². The summed E-state index contributed by atoms with van der Waals surface area (Å²) in [7, 11) is 0. The molecule has 0 unspecified atom stereocenters. The molecule has 0 aliphatic heterocycles. The molecule has 0 aromatic carbocycles. The predicted octanol–water partition coefficient (Wildman–Crippen LogP) is 2.81. The van der Waals surface area contributed by atoms with E-state index in [2.05, 4.69) is 26.0 Å². The van der Waals surface area contributed by atoms with Crippen LogP contribution in [-0.4, -0.2) is 5.78 Å². The first-order valence-corrected chi connectivity index (χ1v) is 4.84. The quantitative estimate of drug-likeness (QED) is 0.576. The van der Waals surface area contributed by atoms with Gasteiger partial charge >= 0.3 is 0 Å². The van der Waals surface area contributed by atoms with Gasteiger partial charge in [0.05, 0.1) is 0 Å². The Kier molecular flexibility index (Phi) is 3.07. The molecular weight excluding hydrogens is 148 g/mol. The zero-order valence-corrected chi connectivity index (χ0v) is 8.21. The molecule has 0 heterocycles. The summed E-state index contributed by atoms with van der Waals surface area (Å²) in [5, 5.41) is 0. The lowest BCUT2D eigenvalue weighted by Gasteiger charge is -2.30. The first kappa shape index (κ1) is 9.50. The van der Waals surface area contributed by atoms with Crippen LogP contribution in [0.3, 0.4) is 0 Å². The van der Waals surface area contributed by atoms with Crippen molar-refractivity contribution in [2.45, 2.75) is 33.6 Å². The number of allylic oxidation sites excluding steroid dienone is 2. The fraction of sp³-hybridized carbons (Fsp3) is 0.727. The third kappa shape index (κ3) is 1.77. The molecule has 0 bridgehead atoms. The van der Waals surface area contributed by atoms with Gasteiger partial charge in [-0.25, -0.2) is 0 Å². The lowest BCUT2D eigenvalue weighted by Crippen LogP contribution is -2.29. The van der Waals surface area contributed by atoms with E-state index in [1.54, 1.807) is 6.92 Å². The topological polar surface area (TPSA) is 17.1 Å². The minimum atomic E-state index is 0.278. The van der Waals surface area contributed by atoms with Gasteiger partial charge < -0.3 is 0 Å². The highest BCUT2D eigenvalue weighted by Crippen LogP contribution is 2.32. The molecule has 1 aliphatic rings. The van der Waals surface area contributed by atoms with Crippen LogP contribution >= 0.6 is 0 Å². The van der Waals surface area contributed by atoms with Crippen LogP contribution in [0.5, 0.6) is 0 Å². The summed E-state index contributed by atoms with van der Waals surface area (Å²) in [6.45, 7) is 6.04. The highest BCUT2D eigenvalue weighted by atomic mass is 16.1. The predicted molar refractivity (Wildman–Crippen MR) is 50.9 cm³/mol. The molecule has 0 saturated carbocycles. The molecule has 1 rings (SSSR count). The summed E-state index contributed by atoms with van der Waals surface area (Å²) in [4.78, 5) is 11.3. The van der Waals surface area contributed by atoms with Crippen LogP contribution in [0.1, 0.15) is 33.6 Å². The zero-order chi connectivity index (χ0) is 9.14. The van der Waals surface area contributed by atoms with E-state index >= 15 is 0 Å². The second kappa shape index (κ2) is 3.88. The van der Waals surface area contributed by atoms with Crippen molar-refractivity contribution in [2.75, 3.05) is 0 Å². The Morgan fingerprint density at radius 2 is 2.25 bits per heavy atom. The van der Waals surface area contributed by atoms with Crippen molar-refractivity contribution in [1.82, 2.24) is 0 Å². The van der Waals surface area contributed by atoms with E-state index in [1.807, 2.05) is 0 Å². The van der Waals surface area contributed by atoms with Gasteiger partial charge in [0.2, 0.25) is 0 Å². The second-order valence-corrected chi connectivity index (χ2v) is 3.83. The van der Waals surface area contributed by atoms with Crippen LogP contribution < -0.4 is 0 Å². The Morgan fingerprint density at radius 1 is 1.58 bits per heavy atom. The van der Waals surface area contributed by atoms with Crippen molar-refractivity contribution in [1.29, 1.82) is 0 Å². The molecule has 0 saturated heterocycles. The Bertz CT molecular complexity index is 193. The molecular formula is C11H18O. The third-order valence-electron chi connectivity index (χ3n) is 2.95. The van der Waals surface area contributed by atoms with Crippen molar-refractivity contribution in [2.24, 2.45) is 17.8 Å². The van der Waals surface area contributed by atoms with Crippen LogP contribution in [0.2, 0.25) is 0 Å². The van der Waals surface area contributed by atoms with E-state index in [1.165, 1.54) is 0 Å². The molecule has 12 heavy (non-hydrogen) atoms. The van der Waals surface area contributed by atoms with Gasteiger partial charge in [0.1, 0.15) is 5.78 Å². The Hall–Kier alpha value is -0.590. The minimum Gasteiger partial charge on any atom is -0.300 e. The highest BCUT2D eigenvalue weighted by Gasteiger charge is 2.29. The molecule has 0 N–H and O–H groups in total. The molecule has 0 radical (unpaired) electrons. The minimum absolute atomic E-state index is 0.278. The lowest BCUT2D eigenvalue weighted by molar-refractivity contribution is -0.123. The van der Waals surface area contributed by atoms with E-state index in [0.29, 0.717) is 17.6 Å². The van der Waals surface area contributed by atoms with Crippen LogP contribution in [0.15, 0.2) is 12.2 Å². The summed E-state index contributed by atoms with van der Waals surface area (Å²) in [5.41, 5.74) is 0. The molecule has 0 fully saturated rings. The van der Waals surface area contributed by atoms with E-state index in [0.717, 1.165) is 12.8 Å². The van der Waals surface area contributed by atoms with Gasteiger partial charge in [0.15, 0.2) is 0 Å². The molecule has 0 amide bonds. The van der Waals surface area contributed by atoms with Gasteiger partial charge in [-0.05, 0) is 25.2 Å². The maximum atomic E-state index is 11.3. The highest BCUT2D eigenvalue weighted by molar-refractivity contribution is 5.79. The maximum Gasteiger partial charge on any atom is 0.133 e. The number of carbonyl (C=O) groups excluding carboxylic acids is 1. The molecule has 1 heteroatoms. The first-order chi connectivity index (χ1) is 5.66. The number of Topliss-reactive ketones (excluding diaryl/α,β-unsaturated/α-hetero) is 1. The molecule has 1 aliphatic carbocycles. The van der Waals surface area contributed by atoms with E-state index in [-0.39, 0.29) is 5.92 Å². The monoisotopic (exact) mass is 166 g/mol. The summed E-state index contributed by atoms with van der Waals surface area (Å²) < 4.78 is 0.